The van der Waals surface area contributed by atoms with Gasteiger partial charge in [0.25, 0.3) is 0 Å². The van der Waals surface area contributed by atoms with E-state index in [0.29, 0.717) is 6.42 Å². The third-order valence-electron chi connectivity index (χ3n) is 12.2. The molecule has 14 heteroatoms. The van der Waals surface area contributed by atoms with Gasteiger partial charge in [-0.25, -0.2) is 0 Å². The smallest absolute Gasteiger partial charge is 0.220 e. The van der Waals surface area contributed by atoms with Gasteiger partial charge >= 0.3 is 0 Å². The van der Waals surface area contributed by atoms with Crippen molar-refractivity contribution in [2.24, 2.45) is 0 Å². The van der Waals surface area contributed by atoms with Crippen LogP contribution in [-0.2, 0) is 23.7 Å². The van der Waals surface area contributed by atoms with Gasteiger partial charge in [0, 0.05) is 6.42 Å². The second kappa shape index (κ2) is 35.0. The molecule has 0 radical (unpaired) electrons. The number of carbonyl (C=O) groups is 1. The zero-order valence-electron chi connectivity index (χ0n) is 37.9. The largest absolute Gasteiger partial charge is 0.394 e. The van der Waals surface area contributed by atoms with Crippen molar-refractivity contribution < 1.29 is 64.6 Å². The summed E-state index contributed by atoms with van der Waals surface area (Å²) in [7, 11) is 0. The number of aliphatic hydroxyl groups excluding tert-OH is 8. The van der Waals surface area contributed by atoms with E-state index in [1.54, 1.807) is 6.08 Å². The molecule has 2 heterocycles. The van der Waals surface area contributed by atoms with Crippen LogP contribution in [0, 0.1) is 0 Å². The monoisotopic (exact) mass is 876 g/mol. The highest BCUT2D eigenvalue weighted by Crippen LogP contribution is 2.30. The Morgan fingerprint density at radius 2 is 1.02 bits per heavy atom. The third-order valence-corrected chi connectivity index (χ3v) is 12.2. The van der Waals surface area contributed by atoms with Gasteiger partial charge in [-0.05, 0) is 19.3 Å². The number of allylic oxidation sites excluding steroid dienone is 1. The van der Waals surface area contributed by atoms with Gasteiger partial charge in [0.1, 0.15) is 48.8 Å². The molecule has 0 aromatic rings. The molecule has 0 saturated carbocycles. The number of carbonyl (C=O) groups excluding carboxylic acids is 1. The average Bonchev–Trinajstić information content (AvgIpc) is 3.26. The van der Waals surface area contributed by atoms with Crippen LogP contribution in [0.1, 0.15) is 187 Å². The van der Waals surface area contributed by atoms with Crippen LogP contribution in [0.25, 0.3) is 0 Å². The molecule has 0 bridgehead atoms. The standard InChI is InChI=1S/C47H89NO13/c1-3-5-7-9-11-13-15-17-19-20-22-24-26-28-30-36(51)35(48-39(52)31-29-27-25-23-21-18-16-14-12-10-8-6-4-2)34-58-46-44(57)42(55)45(38(33-50)60-46)61-47-43(56)41(54)40(53)37(32-49)59-47/h28,30,35-38,40-47,49-51,53-57H,3-27,29,31-34H2,1-2H3,(H,48,52)/b30-28+. The van der Waals surface area contributed by atoms with Gasteiger partial charge in [-0.2, -0.15) is 0 Å². The topological polar surface area (TPSA) is 228 Å². The Morgan fingerprint density at radius 1 is 0.574 bits per heavy atom. The molecule has 61 heavy (non-hydrogen) atoms. The number of hydrogen-bond donors (Lipinski definition) is 9. The van der Waals surface area contributed by atoms with Crippen molar-refractivity contribution in [1.82, 2.24) is 5.32 Å². The van der Waals surface area contributed by atoms with Crippen LogP contribution in [-0.4, -0.2) is 140 Å². The predicted octanol–water partition coefficient (Wildman–Crippen LogP) is 5.60. The molecule has 9 N–H and O–H groups in total. The van der Waals surface area contributed by atoms with E-state index >= 15 is 0 Å². The molecule has 2 rings (SSSR count). The summed E-state index contributed by atoms with van der Waals surface area (Å²) in [5.74, 6) is -0.239. The van der Waals surface area contributed by atoms with E-state index in [4.69, 9.17) is 18.9 Å². The van der Waals surface area contributed by atoms with E-state index in [2.05, 4.69) is 19.2 Å². The molecule has 14 nitrogen and oxygen atoms in total. The summed E-state index contributed by atoms with van der Waals surface area (Å²) in [4.78, 5) is 13.1. The molecule has 12 unspecified atom stereocenters. The predicted molar refractivity (Wildman–Crippen MR) is 235 cm³/mol. The molecule has 2 aliphatic heterocycles. The molecule has 2 aliphatic rings. The number of aliphatic hydroxyl groups is 8. The first-order chi connectivity index (χ1) is 29.6. The van der Waals surface area contributed by atoms with Crippen molar-refractivity contribution in [3.63, 3.8) is 0 Å². The lowest BCUT2D eigenvalue weighted by atomic mass is 9.97. The van der Waals surface area contributed by atoms with Gasteiger partial charge in [0.15, 0.2) is 12.6 Å². The van der Waals surface area contributed by atoms with Crippen LogP contribution in [0.5, 0.6) is 0 Å². The maximum Gasteiger partial charge on any atom is 0.220 e. The minimum atomic E-state index is -1.78. The van der Waals surface area contributed by atoms with E-state index < -0.39 is 86.8 Å². The maximum atomic E-state index is 13.1. The van der Waals surface area contributed by atoms with Crippen molar-refractivity contribution >= 4 is 5.91 Å². The van der Waals surface area contributed by atoms with E-state index in [1.165, 1.54) is 122 Å². The van der Waals surface area contributed by atoms with Gasteiger partial charge in [0.2, 0.25) is 5.91 Å². The lowest BCUT2D eigenvalue weighted by molar-refractivity contribution is -0.359. The van der Waals surface area contributed by atoms with Crippen LogP contribution in [0.2, 0.25) is 0 Å². The van der Waals surface area contributed by atoms with Gasteiger partial charge in [-0.1, -0.05) is 174 Å². The summed E-state index contributed by atoms with van der Waals surface area (Å²) in [6.45, 7) is 2.77. The summed E-state index contributed by atoms with van der Waals surface area (Å²) < 4.78 is 22.7. The fraction of sp³-hybridized carbons (Fsp3) is 0.936. The first-order valence-electron chi connectivity index (χ1n) is 24.4. The van der Waals surface area contributed by atoms with E-state index in [1.807, 2.05) is 6.08 Å². The third kappa shape index (κ3) is 23.0. The molecule has 2 fully saturated rings. The molecule has 0 aliphatic carbocycles. The van der Waals surface area contributed by atoms with Crippen LogP contribution in [0.15, 0.2) is 12.2 Å². The lowest BCUT2D eigenvalue weighted by Crippen LogP contribution is -2.65. The first kappa shape index (κ1) is 55.9. The molecule has 12 atom stereocenters. The number of ether oxygens (including phenoxy) is 4. The number of rotatable bonds is 37. The second-order valence-electron chi connectivity index (χ2n) is 17.6. The van der Waals surface area contributed by atoms with Gasteiger partial charge in [-0.3, -0.25) is 4.79 Å². The van der Waals surface area contributed by atoms with Gasteiger partial charge in [0.05, 0.1) is 32.0 Å². The molecule has 1 amide bonds. The molecule has 0 aromatic carbocycles. The Morgan fingerprint density at radius 3 is 1.51 bits per heavy atom. The second-order valence-corrected chi connectivity index (χ2v) is 17.6. The molecule has 0 spiro atoms. The molecule has 360 valence electrons. The molecular formula is C47H89NO13. The van der Waals surface area contributed by atoms with E-state index in [0.717, 1.165) is 38.5 Å². The van der Waals surface area contributed by atoms with Crippen LogP contribution < -0.4 is 5.32 Å². The highest BCUT2D eigenvalue weighted by atomic mass is 16.7. The highest BCUT2D eigenvalue weighted by molar-refractivity contribution is 5.76. The van der Waals surface area contributed by atoms with Gasteiger partial charge < -0.3 is 65.1 Å². The number of nitrogens with one attached hydrogen (secondary N) is 1. The molecule has 2 saturated heterocycles. The van der Waals surface area contributed by atoms with Crippen LogP contribution in [0.3, 0.4) is 0 Å². The zero-order chi connectivity index (χ0) is 44.7. The van der Waals surface area contributed by atoms with Crippen molar-refractivity contribution in [2.45, 2.75) is 261 Å². The van der Waals surface area contributed by atoms with E-state index in [9.17, 15) is 45.6 Å². The Kier molecular flexibility index (Phi) is 32.1. The molecule has 0 aromatic heterocycles. The SMILES string of the molecule is CCCCCCCCCCCCCC/C=C/C(O)C(COC1OC(CO)C(OC2OC(CO)C(O)C(O)C2O)C(O)C1O)NC(=O)CCCCCCCCCCCCCCC. The minimum Gasteiger partial charge on any atom is -0.394 e. The average molecular weight is 876 g/mol. The fourth-order valence-electron chi connectivity index (χ4n) is 8.17. The van der Waals surface area contributed by atoms with E-state index in [-0.39, 0.29) is 18.9 Å². The summed E-state index contributed by atoms with van der Waals surface area (Å²) in [6, 6.07) is -0.906. The highest BCUT2D eigenvalue weighted by Gasteiger charge is 2.51. The number of amides is 1. The number of hydrogen-bond acceptors (Lipinski definition) is 13. The van der Waals surface area contributed by atoms with Crippen molar-refractivity contribution in [3.8, 4) is 0 Å². The Hall–Kier alpha value is -1.27. The van der Waals surface area contributed by atoms with Crippen LogP contribution in [0.4, 0.5) is 0 Å². The van der Waals surface area contributed by atoms with Crippen LogP contribution >= 0.6 is 0 Å². The first-order valence-corrected chi connectivity index (χ1v) is 24.4. The lowest BCUT2D eigenvalue weighted by Gasteiger charge is -2.46. The zero-order valence-corrected chi connectivity index (χ0v) is 37.9. The Bertz CT molecular complexity index is 1080. The molecular weight excluding hydrogens is 787 g/mol. The van der Waals surface area contributed by atoms with Crippen molar-refractivity contribution in [1.29, 1.82) is 0 Å². The maximum absolute atomic E-state index is 13.1. The fourth-order valence-corrected chi connectivity index (χ4v) is 8.17. The van der Waals surface area contributed by atoms with Gasteiger partial charge in [-0.15, -0.1) is 0 Å². The summed E-state index contributed by atoms with van der Waals surface area (Å²) >= 11 is 0. The summed E-state index contributed by atoms with van der Waals surface area (Å²) in [6.07, 6.45) is 18.2. The van der Waals surface area contributed by atoms with Crippen molar-refractivity contribution in [2.75, 3.05) is 19.8 Å². The Labute approximate surface area is 367 Å². The quantitative estimate of drug-likeness (QED) is 0.0274. The summed E-state index contributed by atoms with van der Waals surface area (Å²) in [5, 5.41) is 86.6. The minimum absolute atomic E-state index is 0.239. The summed E-state index contributed by atoms with van der Waals surface area (Å²) in [5.41, 5.74) is 0. The Balaban J connectivity index is 1.88. The normalized spacial score (nSPS) is 28.0. The number of unbranched alkanes of at least 4 members (excludes halogenated alkanes) is 24. The van der Waals surface area contributed by atoms with Crippen molar-refractivity contribution in [3.05, 3.63) is 12.2 Å².